The molecule has 0 aromatic carbocycles. The smallest absolute Gasteiger partial charge is 0.323 e. The Labute approximate surface area is 127 Å². The van der Waals surface area contributed by atoms with Gasteiger partial charge in [-0.2, -0.15) is 0 Å². The van der Waals surface area contributed by atoms with Crippen LogP contribution in [0.15, 0.2) is 12.1 Å². The van der Waals surface area contributed by atoms with Crippen LogP contribution in [0.4, 0.5) is 4.79 Å². The van der Waals surface area contributed by atoms with Crippen molar-refractivity contribution in [3.05, 3.63) is 21.3 Å². The minimum atomic E-state index is -1.01. The van der Waals surface area contributed by atoms with Gasteiger partial charge in [0.2, 0.25) is 0 Å². The third-order valence-electron chi connectivity index (χ3n) is 2.48. The van der Waals surface area contributed by atoms with Crippen molar-refractivity contribution < 1.29 is 14.7 Å². The zero-order valence-electron chi connectivity index (χ0n) is 11.6. The SMILES string of the molecule is CC(C)CN(CC(=O)O)C(=O)NCCc1ccc(Cl)s1. The van der Waals surface area contributed by atoms with Gasteiger partial charge in [-0.05, 0) is 24.5 Å². The summed E-state index contributed by atoms with van der Waals surface area (Å²) in [6.07, 6.45) is 0.686. The molecule has 20 heavy (non-hydrogen) atoms. The number of amides is 2. The Hall–Kier alpha value is -1.27. The minimum Gasteiger partial charge on any atom is -0.480 e. The summed E-state index contributed by atoms with van der Waals surface area (Å²) >= 11 is 7.30. The molecular formula is C13H19ClN2O3S. The van der Waals surface area contributed by atoms with Crippen LogP contribution in [0, 0.1) is 5.92 Å². The standard InChI is InChI=1S/C13H19ClN2O3S/c1-9(2)7-16(8-12(17)18)13(19)15-6-5-10-3-4-11(14)20-10/h3-4,9H,5-8H2,1-2H3,(H,15,19)(H,17,18). The van der Waals surface area contributed by atoms with E-state index in [0.29, 0.717) is 19.5 Å². The largest absolute Gasteiger partial charge is 0.480 e. The van der Waals surface area contributed by atoms with Crippen molar-refractivity contribution in [3.8, 4) is 0 Å². The molecule has 0 spiro atoms. The lowest BCUT2D eigenvalue weighted by atomic mass is 10.2. The number of carboxylic acids is 1. The summed E-state index contributed by atoms with van der Waals surface area (Å²) in [5.41, 5.74) is 0. The van der Waals surface area contributed by atoms with Gasteiger partial charge in [-0.15, -0.1) is 11.3 Å². The molecule has 0 saturated carbocycles. The maximum Gasteiger partial charge on any atom is 0.323 e. The monoisotopic (exact) mass is 318 g/mol. The number of urea groups is 1. The normalized spacial score (nSPS) is 10.6. The molecule has 7 heteroatoms. The number of aliphatic carboxylic acids is 1. The van der Waals surface area contributed by atoms with Crippen molar-refractivity contribution in [2.45, 2.75) is 20.3 Å². The number of carbonyl (C=O) groups is 2. The molecule has 0 radical (unpaired) electrons. The fraction of sp³-hybridized carbons (Fsp3) is 0.538. The van der Waals surface area contributed by atoms with Gasteiger partial charge >= 0.3 is 12.0 Å². The van der Waals surface area contributed by atoms with E-state index in [4.69, 9.17) is 16.7 Å². The van der Waals surface area contributed by atoms with Crippen LogP contribution < -0.4 is 5.32 Å². The van der Waals surface area contributed by atoms with E-state index >= 15 is 0 Å². The number of hydrogen-bond donors (Lipinski definition) is 2. The van der Waals surface area contributed by atoms with Crippen molar-refractivity contribution in [1.82, 2.24) is 10.2 Å². The molecular weight excluding hydrogens is 300 g/mol. The van der Waals surface area contributed by atoms with Crippen molar-refractivity contribution in [3.63, 3.8) is 0 Å². The quantitative estimate of drug-likeness (QED) is 0.812. The first kappa shape index (κ1) is 16.8. The second-order valence-corrected chi connectivity index (χ2v) is 6.66. The van der Waals surface area contributed by atoms with Crippen molar-refractivity contribution in [1.29, 1.82) is 0 Å². The highest BCUT2D eigenvalue weighted by Gasteiger charge is 2.17. The van der Waals surface area contributed by atoms with Crippen LogP contribution in [0.1, 0.15) is 18.7 Å². The summed E-state index contributed by atoms with van der Waals surface area (Å²) in [7, 11) is 0. The molecule has 0 atom stereocenters. The molecule has 0 fully saturated rings. The molecule has 1 rings (SSSR count). The van der Waals surface area contributed by atoms with Gasteiger partial charge in [0.25, 0.3) is 0 Å². The van der Waals surface area contributed by atoms with Crippen LogP contribution >= 0.6 is 22.9 Å². The van der Waals surface area contributed by atoms with Gasteiger partial charge < -0.3 is 15.3 Å². The number of thiophene rings is 1. The van der Waals surface area contributed by atoms with Crippen LogP contribution in [0.25, 0.3) is 0 Å². The van der Waals surface area contributed by atoms with Gasteiger partial charge in [-0.3, -0.25) is 4.79 Å². The van der Waals surface area contributed by atoms with Crippen molar-refractivity contribution in [2.24, 2.45) is 5.92 Å². The van der Waals surface area contributed by atoms with Gasteiger partial charge in [0.15, 0.2) is 0 Å². The highest BCUT2D eigenvalue weighted by molar-refractivity contribution is 7.16. The van der Waals surface area contributed by atoms with Crippen LogP contribution in [-0.4, -0.2) is 41.6 Å². The highest BCUT2D eigenvalue weighted by Crippen LogP contribution is 2.21. The van der Waals surface area contributed by atoms with E-state index in [-0.39, 0.29) is 18.5 Å². The molecule has 0 unspecified atom stereocenters. The maximum atomic E-state index is 11.9. The molecule has 1 aromatic rings. The number of halogens is 1. The average Bonchev–Trinajstić information content (AvgIpc) is 2.73. The first-order valence-electron chi connectivity index (χ1n) is 6.37. The van der Waals surface area contributed by atoms with E-state index in [1.54, 1.807) is 0 Å². The third-order valence-corrected chi connectivity index (χ3v) is 3.77. The van der Waals surface area contributed by atoms with E-state index < -0.39 is 5.97 Å². The third kappa shape index (κ3) is 6.25. The number of carbonyl (C=O) groups excluding carboxylic acids is 1. The summed E-state index contributed by atoms with van der Waals surface area (Å²) < 4.78 is 0.721. The fourth-order valence-corrected chi connectivity index (χ4v) is 2.80. The summed E-state index contributed by atoms with van der Waals surface area (Å²) in [5.74, 6) is -0.790. The van der Waals surface area contributed by atoms with Crippen molar-refractivity contribution in [2.75, 3.05) is 19.6 Å². The van der Waals surface area contributed by atoms with Gasteiger partial charge in [-0.25, -0.2) is 4.79 Å². The van der Waals surface area contributed by atoms with E-state index in [0.717, 1.165) is 9.21 Å². The fourth-order valence-electron chi connectivity index (χ4n) is 1.71. The summed E-state index contributed by atoms with van der Waals surface area (Å²) in [6, 6.07) is 3.39. The minimum absolute atomic E-state index is 0.219. The molecule has 2 amide bonds. The Bertz CT molecular complexity index is 462. The summed E-state index contributed by atoms with van der Waals surface area (Å²) in [4.78, 5) is 25.1. The predicted molar refractivity (Wildman–Crippen MR) is 80.5 cm³/mol. The number of hydrogen-bond acceptors (Lipinski definition) is 3. The first-order chi connectivity index (χ1) is 9.38. The molecule has 2 N–H and O–H groups in total. The van der Waals surface area contributed by atoms with E-state index in [2.05, 4.69) is 5.32 Å². The van der Waals surface area contributed by atoms with Gasteiger partial charge in [0, 0.05) is 18.0 Å². The van der Waals surface area contributed by atoms with Crippen LogP contribution in [0.3, 0.4) is 0 Å². The lowest BCUT2D eigenvalue weighted by Gasteiger charge is -2.23. The zero-order chi connectivity index (χ0) is 15.1. The topological polar surface area (TPSA) is 69.6 Å². The molecule has 1 heterocycles. The number of rotatable bonds is 7. The molecule has 1 aromatic heterocycles. The Morgan fingerprint density at radius 3 is 2.65 bits per heavy atom. The molecule has 0 aliphatic heterocycles. The first-order valence-corrected chi connectivity index (χ1v) is 7.56. The summed E-state index contributed by atoms with van der Waals surface area (Å²) in [5, 5.41) is 11.6. The van der Waals surface area contributed by atoms with Crippen molar-refractivity contribution >= 4 is 34.9 Å². The molecule has 112 valence electrons. The Kier molecular flexibility index (Phi) is 6.81. The Balaban J connectivity index is 2.42. The van der Waals surface area contributed by atoms with E-state index in [1.165, 1.54) is 16.2 Å². The second-order valence-electron chi connectivity index (χ2n) is 4.86. The zero-order valence-corrected chi connectivity index (χ0v) is 13.1. The lowest BCUT2D eigenvalue weighted by molar-refractivity contribution is -0.137. The van der Waals surface area contributed by atoms with Crippen LogP contribution in [0.2, 0.25) is 4.34 Å². The average molecular weight is 319 g/mol. The number of nitrogens with zero attached hydrogens (tertiary/aromatic N) is 1. The predicted octanol–water partition coefficient (Wildman–Crippen LogP) is 2.70. The summed E-state index contributed by atoms with van der Waals surface area (Å²) in [6.45, 7) is 4.48. The van der Waals surface area contributed by atoms with Gasteiger partial charge in [0.1, 0.15) is 6.54 Å². The molecule has 0 aliphatic carbocycles. The van der Waals surface area contributed by atoms with E-state index in [9.17, 15) is 9.59 Å². The van der Waals surface area contributed by atoms with Crippen LogP contribution in [0.5, 0.6) is 0 Å². The maximum absolute atomic E-state index is 11.9. The lowest BCUT2D eigenvalue weighted by Crippen LogP contribution is -2.45. The highest BCUT2D eigenvalue weighted by atomic mass is 35.5. The Morgan fingerprint density at radius 2 is 2.15 bits per heavy atom. The van der Waals surface area contributed by atoms with E-state index in [1.807, 2.05) is 26.0 Å². The number of carboxylic acid groups (broad SMARTS) is 1. The van der Waals surface area contributed by atoms with Gasteiger partial charge in [0.05, 0.1) is 4.34 Å². The number of nitrogens with one attached hydrogen (secondary N) is 1. The second kappa shape index (κ2) is 8.11. The molecule has 5 nitrogen and oxygen atoms in total. The van der Waals surface area contributed by atoms with Crippen LogP contribution in [-0.2, 0) is 11.2 Å². The molecule has 0 aliphatic rings. The molecule has 0 bridgehead atoms. The Morgan fingerprint density at radius 1 is 1.45 bits per heavy atom. The van der Waals surface area contributed by atoms with Gasteiger partial charge in [-0.1, -0.05) is 25.4 Å². The molecule has 0 saturated heterocycles.